The predicted octanol–water partition coefficient (Wildman–Crippen LogP) is 15.0. The van der Waals surface area contributed by atoms with Crippen molar-refractivity contribution in [3.05, 3.63) is 231 Å². The number of aromatic nitrogens is 2. The van der Waals surface area contributed by atoms with Crippen molar-refractivity contribution in [3.63, 3.8) is 0 Å². The maximum Gasteiger partial charge on any atom is 0.0715 e. The molecule has 0 aliphatic heterocycles. The van der Waals surface area contributed by atoms with Crippen LogP contribution in [-0.4, -0.2) is 9.97 Å². The van der Waals surface area contributed by atoms with Gasteiger partial charge in [0.1, 0.15) is 0 Å². The summed E-state index contributed by atoms with van der Waals surface area (Å²) >= 11 is 0. The zero-order chi connectivity index (χ0) is 38.7. The van der Waals surface area contributed by atoms with Crippen molar-refractivity contribution in [3.8, 4) is 89.5 Å². The maximum absolute atomic E-state index is 5.07. The van der Waals surface area contributed by atoms with Gasteiger partial charge in [-0.15, -0.1) is 0 Å². The Kier molecular flexibility index (Phi) is 9.27. The van der Waals surface area contributed by atoms with Crippen molar-refractivity contribution in [1.82, 2.24) is 9.97 Å². The molecule has 0 saturated heterocycles. The minimum absolute atomic E-state index is 0.966. The summed E-state index contributed by atoms with van der Waals surface area (Å²) < 4.78 is 0. The van der Waals surface area contributed by atoms with Crippen molar-refractivity contribution >= 4 is 10.8 Å². The number of rotatable bonds is 8. The zero-order valence-corrected chi connectivity index (χ0v) is 31.8. The lowest BCUT2D eigenvalue weighted by atomic mass is 9.95. The molecule has 0 amide bonds. The van der Waals surface area contributed by atoms with Crippen LogP contribution < -0.4 is 0 Å². The monoisotopic (exact) mass is 738 g/mol. The van der Waals surface area contributed by atoms with Gasteiger partial charge in [-0.05, 0) is 91.7 Å². The van der Waals surface area contributed by atoms with E-state index < -0.39 is 0 Å². The average Bonchev–Trinajstić information content (AvgIpc) is 3.32. The van der Waals surface area contributed by atoms with Gasteiger partial charge in [-0.25, -0.2) is 9.97 Å². The van der Waals surface area contributed by atoms with Crippen molar-refractivity contribution in [2.24, 2.45) is 0 Å². The first-order valence-corrected chi connectivity index (χ1v) is 19.7. The Hall–Kier alpha value is -7.68. The fraction of sp³-hybridized carbons (Fsp3) is 0. The van der Waals surface area contributed by atoms with E-state index in [1.807, 2.05) is 24.3 Å². The fourth-order valence-electron chi connectivity index (χ4n) is 7.74. The summed E-state index contributed by atoms with van der Waals surface area (Å²) in [4.78, 5) is 10.1. The van der Waals surface area contributed by atoms with Crippen LogP contribution in [0.1, 0.15) is 0 Å². The highest BCUT2D eigenvalue weighted by molar-refractivity contribution is 5.91. The van der Waals surface area contributed by atoms with Crippen LogP contribution in [0.4, 0.5) is 0 Å². The van der Waals surface area contributed by atoms with E-state index >= 15 is 0 Å². The van der Waals surface area contributed by atoms with Crippen LogP contribution in [0.25, 0.3) is 100 Å². The minimum Gasteiger partial charge on any atom is -0.248 e. The lowest BCUT2D eigenvalue weighted by molar-refractivity contribution is 1.32. The first-order valence-electron chi connectivity index (χ1n) is 19.7. The molecule has 0 saturated carbocycles. The number of benzene rings is 8. The molecule has 10 aromatic rings. The van der Waals surface area contributed by atoms with Gasteiger partial charge in [-0.3, -0.25) is 0 Å². The largest absolute Gasteiger partial charge is 0.248 e. The van der Waals surface area contributed by atoms with Gasteiger partial charge < -0.3 is 0 Å². The van der Waals surface area contributed by atoms with Gasteiger partial charge in [0.05, 0.1) is 22.8 Å². The number of hydrogen-bond acceptors (Lipinski definition) is 2. The third-order valence-electron chi connectivity index (χ3n) is 10.9. The summed E-state index contributed by atoms with van der Waals surface area (Å²) in [6.07, 6.45) is 0. The standard InChI is InChI=1S/C56H38N2/c1-5-13-44(14-6-1)53-35-51(36-54(57-53)45-15-7-2-8-16-45)42-25-21-39(22-26-42)48-31-29-41-30-32-49(34-50(41)33-48)40-23-27-43(28-24-40)52-37-55(46-17-9-3-10-18-46)58-56(38-52)47-19-11-4-12-20-47/h1-38H. The molecule has 2 aromatic heterocycles. The van der Waals surface area contributed by atoms with Crippen LogP contribution in [0, 0.1) is 0 Å². The van der Waals surface area contributed by atoms with Gasteiger partial charge in [0, 0.05) is 22.3 Å². The summed E-state index contributed by atoms with van der Waals surface area (Å²) in [6, 6.07) is 81.8. The van der Waals surface area contributed by atoms with E-state index in [-0.39, 0.29) is 0 Å². The van der Waals surface area contributed by atoms with Crippen LogP contribution in [-0.2, 0) is 0 Å². The Labute approximate surface area is 339 Å². The van der Waals surface area contributed by atoms with E-state index in [4.69, 9.17) is 9.97 Å². The second-order valence-electron chi connectivity index (χ2n) is 14.6. The van der Waals surface area contributed by atoms with Gasteiger partial charge >= 0.3 is 0 Å². The molecule has 0 atom stereocenters. The molecule has 0 aliphatic carbocycles. The topological polar surface area (TPSA) is 25.8 Å². The summed E-state index contributed by atoms with van der Waals surface area (Å²) in [6.45, 7) is 0. The molecular weight excluding hydrogens is 701 g/mol. The Morgan fingerprint density at radius 2 is 0.431 bits per heavy atom. The third-order valence-corrected chi connectivity index (χ3v) is 10.9. The quantitative estimate of drug-likeness (QED) is 0.155. The first kappa shape index (κ1) is 34.8. The Morgan fingerprint density at radius 1 is 0.172 bits per heavy atom. The average molecular weight is 739 g/mol. The Balaban J connectivity index is 0.941. The van der Waals surface area contributed by atoms with Crippen molar-refractivity contribution in [2.75, 3.05) is 0 Å². The van der Waals surface area contributed by atoms with Gasteiger partial charge in [-0.2, -0.15) is 0 Å². The van der Waals surface area contributed by atoms with Gasteiger partial charge in [0.15, 0.2) is 0 Å². The molecule has 0 spiro atoms. The molecule has 0 N–H and O–H groups in total. The number of pyridine rings is 2. The van der Waals surface area contributed by atoms with Crippen molar-refractivity contribution in [2.45, 2.75) is 0 Å². The van der Waals surface area contributed by atoms with Gasteiger partial charge in [0.25, 0.3) is 0 Å². The molecular formula is C56H38N2. The zero-order valence-electron chi connectivity index (χ0n) is 31.8. The van der Waals surface area contributed by atoms with E-state index in [0.717, 1.165) is 67.3 Å². The highest BCUT2D eigenvalue weighted by Gasteiger charge is 2.12. The lowest BCUT2D eigenvalue weighted by Gasteiger charge is -2.12. The molecule has 0 unspecified atom stereocenters. The molecule has 2 heterocycles. The van der Waals surface area contributed by atoms with Gasteiger partial charge in [-0.1, -0.05) is 194 Å². The van der Waals surface area contributed by atoms with Crippen LogP contribution >= 0.6 is 0 Å². The van der Waals surface area contributed by atoms with E-state index in [2.05, 4.69) is 206 Å². The van der Waals surface area contributed by atoms with E-state index in [1.54, 1.807) is 0 Å². The van der Waals surface area contributed by atoms with Crippen LogP contribution in [0.5, 0.6) is 0 Å². The third kappa shape index (κ3) is 7.23. The first-order chi connectivity index (χ1) is 28.7. The second-order valence-corrected chi connectivity index (χ2v) is 14.6. The van der Waals surface area contributed by atoms with Crippen LogP contribution in [0.15, 0.2) is 231 Å². The summed E-state index contributed by atoms with van der Waals surface area (Å²) in [5, 5.41) is 2.43. The Morgan fingerprint density at radius 3 is 0.724 bits per heavy atom. The van der Waals surface area contributed by atoms with Crippen LogP contribution in [0.2, 0.25) is 0 Å². The number of hydrogen-bond donors (Lipinski definition) is 0. The molecule has 0 aliphatic rings. The Bertz CT molecular complexity index is 2670. The SMILES string of the molecule is c1ccc(-c2cc(-c3ccc(-c4ccc5ccc(-c6ccc(-c7cc(-c8ccccc8)nc(-c8ccccc8)c7)cc6)cc5c4)cc3)cc(-c3ccccc3)n2)cc1. The molecule has 2 heteroatoms. The lowest BCUT2D eigenvalue weighted by Crippen LogP contribution is -1.91. The number of fused-ring (bicyclic) bond motifs is 1. The highest BCUT2D eigenvalue weighted by atomic mass is 14.7. The van der Waals surface area contributed by atoms with Crippen molar-refractivity contribution in [1.29, 1.82) is 0 Å². The molecule has 0 bridgehead atoms. The number of nitrogens with zero attached hydrogens (tertiary/aromatic N) is 2. The molecule has 10 rings (SSSR count). The predicted molar refractivity (Wildman–Crippen MR) is 243 cm³/mol. The molecule has 2 nitrogen and oxygen atoms in total. The summed E-state index contributed by atoms with van der Waals surface area (Å²) in [5.74, 6) is 0. The van der Waals surface area contributed by atoms with E-state index in [0.29, 0.717) is 0 Å². The normalized spacial score (nSPS) is 11.1. The second kappa shape index (κ2) is 15.5. The molecule has 8 aromatic carbocycles. The molecule has 272 valence electrons. The minimum atomic E-state index is 0.966. The van der Waals surface area contributed by atoms with Crippen molar-refractivity contribution < 1.29 is 0 Å². The van der Waals surface area contributed by atoms with E-state index in [1.165, 1.54) is 33.0 Å². The molecule has 58 heavy (non-hydrogen) atoms. The van der Waals surface area contributed by atoms with E-state index in [9.17, 15) is 0 Å². The molecule has 0 fully saturated rings. The highest BCUT2D eigenvalue weighted by Crippen LogP contribution is 2.35. The maximum atomic E-state index is 5.07. The fourth-order valence-corrected chi connectivity index (χ4v) is 7.74. The van der Waals surface area contributed by atoms with Gasteiger partial charge in [0.2, 0.25) is 0 Å². The smallest absolute Gasteiger partial charge is 0.0715 e. The molecule has 0 radical (unpaired) electrons. The summed E-state index contributed by atoms with van der Waals surface area (Å²) in [7, 11) is 0. The summed E-state index contributed by atoms with van der Waals surface area (Å²) in [5.41, 5.74) is 17.6. The van der Waals surface area contributed by atoms with Crippen LogP contribution in [0.3, 0.4) is 0 Å².